The van der Waals surface area contributed by atoms with Gasteiger partial charge in [0.1, 0.15) is 11.5 Å². The van der Waals surface area contributed by atoms with Gasteiger partial charge in [0.05, 0.1) is 32.2 Å². The van der Waals surface area contributed by atoms with Crippen LogP contribution in [-0.4, -0.2) is 23.4 Å². The second kappa shape index (κ2) is 9.02. The normalized spacial score (nSPS) is 10.8. The molecule has 26 heavy (non-hydrogen) atoms. The summed E-state index contributed by atoms with van der Waals surface area (Å²) < 4.78 is 10.5. The van der Waals surface area contributed by atoms with E-state index in [1.807, 2.05) is 28.5 Å². The summed E-state index contributed by atoms with van der Waals surface area (Å²) in [6.45, 7) is 1.37. The van der Waals surface area contributed by atoms with Crippen molar-refractivity contribution < 1.29 is 18.4 Å². The molecule has 3 amide bonds. The van der Waals surface area contributed by atoms with Gasteiger partial charge in [0, 0.05) is 11.4 Å². The van der Waals surface area contributed by atoms with Crippen LogP contribution >= 0.6 is 11.3 Å². The Kier molecular flexibility index (Phi) is 6.24. The number of hydrogen-bond donors (Lipinski definition) is 2. The summed E-state index contributed by atoms with van der Waals surface area (Å²) >= 11 is 1.62. The highest BCUT2D eigenvalue weighted by molar-refractivity contribution is 7.09. The molecule has 2 N–H and O–H groups in total. The van der Waals surface area contributed by atoms with E-state index in [1.165, 1.54) is 6.26 Å². The Balaban J connectivity index is 1.51. The SMILES string of the molecule is O=C(CN(Cc1ccco1)Cc1cccs1)NC(=O)NCc1ccco1. The van der Waals surface area contributed by atoms with Crippen LogP contribution in [0.1, 0.15) is 16.4 Å². The number of hydrogen-bond acceptors (Lipinski definition) is 6. The molecule has 3 rings (SSSR count). The smallest absolute Gasteiger partial charge is 0.321 e. The summed E-state index contributed by atoms with van der Waals surface area (Å²) in [4.78, 5) is 27.1. The maximum absolute atomic E-state index is 12.2. The van der Waals surface area contributed by atoms with Crippen molar-refractivity contribution in [3.63, 3.8) is 0 Å². The molecule has 0 aliphatic heterocycles. The molecule has 0 fully saturated rings. The van der Waals surface area contributed by atoms with Gasteiger partial charge in [-0.15, -0.1) is 11.3 Å². The minimum absolute atomic E-state index is 0.0762. The minimum Gasteiger partial charge on any atom is -0.468 e. The lowest BCUT2D eigenvalue weighted by molar-refractivity contribution is -0.121. The van der Waals surface area contributed by atoms with E-state index < -0.39 is 6.03 Å². The highest BCUT2D eigenvalue weighted by atomic mass is 32.1. The predicted octanol–water partition coefficient (Wildman–Crippen LogP) is 2.96. The summed E-state index contributed by atoms with van der Waals surface area (Å²) in [6, 6.07) is 10.6. The Bertz CT molecular complexity index is 762. The fraction of sp³-hybridized carbons (Fsp3) is 0.222. The van der Waals surface area contributed by atoms with Crippen LogP contribution in [0.2, 0.25) is 0 Å². The summed E-state index contributed by atoms with van der Waals surface area (Å²) in [5.74, 6) is 0.992. The van der Waals surface area contributed by atoms with E-state index in [9.17, 15) is 9.59 Å². The van der Waals surface area contributed by atoms with Crippen molar-refractivity contribution >= 4 is 23.3 Å². The van der Waals surface area contributed by atoms with Gasteiger partial charge < -0.3 is 14.2 Å². The maximum atomic E-state index is 12.2. The minimum atomic E-state index is -0.555. The van der Waals surface area contributed by atoms with Gasteiger partial charge in [-0.1, -0.05) is 6.07 Å². The van der Waals surface area contributed by atoms with E-state index in [4.69, 9.17) is 8.83 Å². The summed E-state index contributed by atoms with van der Waals surface area (Å²) in [6.07, 6.45) is 3.12. The summed E-state index contributed by atoms with van der Waals surface area (Å²) in [5.41, 5.74) is 0. The number of furan rings is 2. The number of imide groups is 1. The lowest BCUT2D eigenvalue weighted by Gasteiger charge is -2.19. The van der Waals surface area contributed by atoms with Crippen molar-refractivity contribution in [3.05, 3.63) is 70.7 Å². The van der Waals surface area contributed by atoms with Crippen LogP contribution in [0.3, 0.4) is 0 Å². The third-order valence-electron chi connectivity index (χ3n) is 3.54. The zero-order chi connectivity index (χ0) is 18.2. The van der Waals surface area contributed by atoms with Crippen LogP contribution in [-0.2, 0) is 24.4 Å². The van der Waals surface area contributed by atoms with Crippen LogP contribution in [0.4, 0.5) is 4.79 Å². The highest BCUT2D eigenvalue weighted by Gasteiger charge is 2.16. The molecule has 0 saturated carbocycles. The van der Waals surface area contributed by atoms with Crippen LogP contribution in [0.25, 0.3) is 0 Å². The number of carbonyl (C=O) groups is 2. The number of rotatable bonds is 8. The molecule has 136 valence electrons. The van der Waals surface area contributed by atoms with Crippen molar-refractivity contribution in [3.8, 4) is 0 Å². The van der Waals surface area contributed by atoms with Gasteiger partial charge in [-0.2, -0.15) is 0 Å². The van der Waals surface area contributed by atoms with Gasteiger partial charge in [0.25, 0.3) is 0 Å². The van der Waals surface area contributed by atoms with Crippen molar-refractivity contribution in [2.45, 2.75) is 19.6 Å². The Labute approximate surface area is 154 Å². The van der Waals surface area contributed by atoms with E-state index in [2.05, 4.69) is 10.6 Å². The van der Waals surface area contributed by atoms with Gasteiger partial charge in [0.15, 0.2) is 0 Å². The zero-order valence-corrected chi connectivity index (χ0v) is 14.8. The third-order valence-corrected chi connectivity index (χ3v) is 4.40. The molecule has 0 bridgehead atoms. The van der Waals surface area contributed by atoms with Crippen LogP contribution < -0.4 is 10.6 Å². The van der Waals surface area contributed by atoms with Crippen LogP contribution in [0, 0.1) is 0 Å². The van der Waals surface area contributed by atoms with Crippen LogP contribution in [0.15, 0.2) is 63.1 Å². The standard InChI is InChI=1S/C18H19N3O4S/c22-17(20-18(23)19-10-14-4-1-7-24-14)13-21(11-15-5-2-8-25-15)12-16-6-3-9-26-16/h1-9H,10-13H2,(H2,19,20,22,23). The van der Waals surface area contributed by atoms with Crippen molar-refractivity contribution in [2.24, 2.45) is 0 Å². The highest BCUT2D eigenvalue weighted by Crippen LogP contribution is 2.14. The second-order valence-electron chi connectivity index (χ2n) is 5.61. The number of nitrogens with one attached hydrogen (secondary N) is 2. The van der Waals surface area contributed by atoms with Gasteiger partial charge in [-0.05, 0) is 35.7 Å². The molecule has 0 saturated heterocycles. The fourth-order valence-electron chi connectivity index (χ4n) is 2.41. The quantitative estimate of drug-likeness (QED) is 0.634. The lowest BCUT2D eigenvalue weighted by atomic mass is 10.3. The van der Waals surface area contributed by atoms with E-state index in [-0.39, 0.29) is 19.0 Å². The zero-order valence-electron chi connectivity index (χ0n) is 14.0. The Morgan fingerprint density at radius 1 is 1.00 bits per heavy atom. The molecule has 0 aromatic carbocycles. The van der Waals surface area contributed by atoms with Crippen molar-refractivity contribution in [1.82, 2.24) is 15.5 Å². The molecule has 0 spiro atoms. The van der Waals surface area contributed by atoms with Crippen molar-refractivity contribution in [1.29, 1.82) is 0 Å². The fourth-order valence-corrected chi connectivity index (χ4v) is 3.15. The average Bonchev–Trinajstić information content (AvgIpc) is 3.36. The van der Waals surface area contributed by atoms with Crippen LogP contribution in [0.5, 0.6) is 0 Å². The molecule has 0 aliphatic carbocycles. The molecule has 3 aromatic heterocycles. The molecule has 0 radical (unpaired) electrons. The van der Waals surface area contributed by atoms with Gasteiger partial charge in [0.2, 0.25) is 5.91 Å². The van der Waals surface area contributed by atoms with E-state index in [0.29, 0.717) is 18.8 Å². The second-order valence-corrected chi connectivity index (χ2v) is 6.65. The summed E-state index contributed by atoms with van der Waals surface area (Å²) in [5, 5.41) is 6.90. The number of nitrogens with zero attached hydrogens (tertiary/aromatic N) is 1. The van der Waals surface area contributed by atoms with E-state index in [1.54, 1.807) is 35.8 Å². The van der Waals surface area contributed by atoms with E-state index >= 15 is 0 Å². The number of carbonyl (C=O) groups excluding carboxylic acids is 2. The van der Waals surface area contributed by atoms with E-state index in [0.717, 1.165) is 10.6 Å². The molecular formula is C18H19N3O4S. The Hall–Kier alpha value is -2.84. The molecule has 8 heteroatoms. The first-order chi connectivity index (χ1) is 12.7. The number of urea groups is 1. The molecule has 0 atom stereocenters. The molecule has 0 aliphatic rings. The summed E-state index contributed by atoms with van der Waals surface area (Å²) in [7, 11) is 0. The molecule has 3 aromatic rings. The molecule has 3 heterocycles. The van der Waals surface area contributed by atoms with Crippen molar-refractivity contribution in [2.75, 3.05) is 6.54 Å². The number of thiophene rings is 1. The third kappa shape index (κ3) is 5.61. The monoisotopic (exact) mass is 373 g/mol. The average molecular weight is 373 g/mol. The maximum Gasteiger partial charge on any atom is 0.321 e. The molecule has 0 unspecified atom stereocenters. The lowest BCUT2D eigenvalue weighted by Crippen LogP contribution is -2.44. The Morgan fingerprint density at radius 2 is 1.77 bits per heavy atom. The van der Waals surface area contributed by atoms with Gasteiger partial charge in [-0.25, -0.2) is 4.79 Å². The number of amides is 3. The predicted molar refractivity (Wildman–Crippen MR) is 96.2 cm³/mol. The Morgan fingerprint density at radius 3 is 2.42 bits per heavy atom. The first-order valence-electron chi connectivity index (χ1n) is 8.06. The first-order valence-corrected chi connectivity index (χ1v) is 8.94. The molecular weight excluding hydrogens is 354 g/mol. The first kappa shape index (κ1) is 18.0. The molecule has 7 nitrogen and oxygen atoms in total. The largest absolute Gasteiger partial charge is 0.468 e. The van der Waals surface area contributed by atoms with Gasteiger partial charge >= 0.3 is 6.03 Å². The topological polar surface area (TPSA) is 87.7 Å². The van der Waals surface area contributed by atoms with Gasteiger partial charge in [-0.3, -0.25) is 15.0 Å².